The van der Waals surface area contributed by atoms with Crippen LogP contribution in [0, 0.1) is 29.6 Å². The first kappa shape index (κ1) is 10.6. The van der Waals surface area contributed by atoms with Crippen molar-refractivity contribution in [3.63, 3.8) is 0 Å². The van der Waals surface area contributed by atoms with Crippen LogP contribution in [0.3, 0.4) is 0 Å². The highest BCUT2D eigenvalue weighted by Crippen LogP contribution is 2.58. The van der Waals surface area contributed by atoms with Gasteiger partial charge in [0.25, 0.3) is 0 Å². The van der Waals surface area contributed by atoms with Gasteiger partial charge < -0.3 is 5.11 Å². The molecule has 1 heteroatoms. The normalized spacial score (nSPS) is 46.3. The van der Waals surface area contributed by atoms with E-state index in [1.165, 1.54) is 19.3 Å². The first-order chi connectivity index (χ1) is 7.66. The van der Waals surface area contributed by atoms with Crippen LogP contribution >= 0.6 is 0 Å². The third-order valence-electron chi connectivity index (χ3n) is 5.10. The molecule has 2 fully saturated rings. The van der Waals surface area contributed by atoms with Gasteiger partial charge in [-0.05, 0) is 55.8 Å². The smallest absolute Gasteiger partial charge is 0.0572 e. The second-order valence-electron chi connectivity index (χ2n) is 6.05. The summed E-state index contributed by atoms with van der Waals surface area (Å²) >= 11 is 0. The van der Waals surface area contributed by atoms with E-state index < -0.39 is 0 Å². The van der Waals surface area contributed by atoms with Crippen LogP contribution < -0.4 is 0 Å². The predicted octanol–water partition coefficient (Wildman–Crippen LogP) is 3.16. The Labute approximate surface area is 98.2 Å². The molecule has 0 radical (unpaired) electrons. The van der Waals surface area contributed by atoms with Crippen molar-refractivity contribution in [2.24, 2.45) is 29.6 Å². The molecule has 16 heavy (non-hydrogen) atoms. The highest BCUT2D eigenvalue weighted by atomic mass is 16.3. The third kappa shape index (κ3) is 1.48. The average Bonchev–Trinajstić information content (AvgIpc) is 2.87. The van der Waals surface area contributed by atoms with Crippen molar-refractivity contribution < 1.29 is 5.11 Å². The van der Waals surface area contributed by atoms with Crippen LogP contribution in [0.1, 0.15) is 33.1 Å². The second-order valence-corrected chi connectivity index (χ2v) is 6.05. The number of hydrogen-bond donors (Lipinski definition) is 1. The van der Waals surface area contributed by atoms with Gasteiger partial charge in [-0.3, -0.25) is 0 Å². The monoisotopic (exact) mass is 218 g/mol. The number of hydrogen-bond acceptors (Lipinski definition) is 1. The average molecular weight is 218 g/mol. The van der Waals surface area contributed by atoms with Gasteiger partial charge in [-0.2, -0.15) is 0 Å². The predicted molar refractivity (Wildman–Crippen MR) is 65.9 cm³/mol. The van der Waals surface area contributed by atoms with Crippen LogP contribution in [0.15, 0.2) is 23.8 Å². The minimum absolute atomic E-state index is 0.207. The summed E-state index contributed by atoms with van der Waals surface area (Å²) in [5.41, 5.74) is 1.64. The molecule has 0 aromatic heterocycles. The zero-order chi connectivity index (χ0) is 11.3. The van der Waals surface area contributed by atoms with Crippen molar-refractivity contribution in [2.45, 2.75) is 39.2 Å². The summed E-state index contributed by atoms with van der Waals surface area (Å²) in [7, 11) is 0. The van der Waals surface area contributed by atoms with Crippen LogP contribution in [0.4, 0.5) is 0 Å². The summed E-state index contributed by atoms with van der Waals surface area (Å²) in [6.45, 7) is 4.03. The highest BCUT2D eigenvalue weighted by Gasteiger charge is 2.49. The fourth-order valence-corrected chi connectivity index (χ4v) is 4.05. The molecule has 0 heterocycles. The van der Waals surface area contributed by atoms with Gasteiger partial charge >= 0.3 is 0 Å². The Morgan fingerprint density at radius 3 is 3.00 bits per heavy atom. The molecular formula is C15H22O. The highest BCUT2D eigenvalue weighted by molar-refractivity contribution is 5.27. The largest absolute Gasteiger partial charge is 0.393 e. The van der Waals surface area contributed by atoms with Crippen molar-refractivity contribution in [2.75, 3.05) is 0 Å². The summed E-state index contributed by atoms with van der Waals surface area (Å²) in [5, 5.41) is 9.58. The SMILES string of the molecule is C[C@H](O)[C@@H](C)/C=C1/C[C@H]2C[C@@H]1[C@@H]1C=CC[C@H]21. The van der Waals surface area contributed by atoms with Crippen molar-refractivity contribution in [3.05, 3.63) is 23.8 Å². The van der Waals surface area contributed by atoms with Crippen LogP contribution in [0.5, 0.6) is 0 Å². The van der Waals surface area contributed by atoms with Gasteiger partial charge in [-0.1, -0.05) is 30.7 Å². The Hall–Kier alpha value is -0.560. The van der Waals surface area contributed by atoms with Gasteiger partial charge in [0.05, 0.1) is 6.10 Å². The lowest BCUT2D eigenvalue weighted by Crippen LogP contribution is -2.20. The van der Waals surface area contributed by atoms with Crippen molar-refractivity contribution >= 4 is 0 Å². The van der Waals surface area contributed by atoms with Crippen LogP contribution in [0.25, 0.3) is 0 Å². The van der Waals surface area contributed by atoms with E-state index in [2.05, 4.69) is 25.2 Å². The topological polar surface area (TPSA) is 20.2 Å². The molecule has 2 bridgehead atoms. The number of rotatable bonds is 2. The second kappa shape index (κ2) is 3.73. The van der Waals surface area contributed by atoms with Gasteiger partial charge in [0.1, 0.15) is 0 Å². The third-order valence-corrected chi connectivity index (χ3v) is 5.10. The van der Waals surface area contributed by atoms with Crippen molar-refractivity contribution in [3.8, 4) is 0 Å². The summed E-state index contributed by atoms with van der Waals surface area (Å²) in [6.07, 6.45) is 11.0. The summed E-state index contributed by atoms with van der Waals surface area (Å²) < 4.78 is 0. The lowest BCUT2D eigenvalue weighted by molar-refractivity contribution is 0.156. The van der Waals surface area contributed by atoms with Crippen LogP contribution in [-0.2, 0) is 0 Å². The van der Waals surface area contributed by atoms with E-state index in [9.17, 15) is 5.11 Å². The van der Waals surface area contributed by atoms with Gasteiger partial charge in [0.2, 0.25) is 0 Å². The van der Waals surface area contributed by atoms with Crippen molar-refractivity contribution in [1.29, 1.82) is 0 Å². The molecule has 1 N–H and O–H groups in total. The molecule has 0 spiro atoms. The standard InChI is InChI=1S/C15H22O/c1-9(10(2)16)6-11-7-12-8-15(11)14-5-3-4-13(12)14/h3,5-6,9-10,12-16H,4,7-8H2,1-2H3/b11-6-/t9-,10-,12-,13+,14+,15-/m0/s1. The molecule has 3 aliphatic rings. The Bertz CT molecular complexity index is 339. The minimum atomic E-state index is -0.207. The Morgan fingerprint density at radius 1 is 1.44 bits per heavy atom. The van der Waals surface area contributed by atoms with E-state index in [4.69, 9.17) is 0 Å². The van der Waals surface area contributed by atoms with E-state index in [0.29, 0.717) is 5.92 Å². The maximum absolute atomic E-state index is 9.58. The summed E-state index contributed by atoms with van der Waals surface area (Å²) in [5.74, 6) is 3.88. The Kier molecular flexibility index (Phi) is 2.47. The molecule has 0 amide bonds. The lowest BCUT2D eigenvalue weighted by atomic mass is 9.78. The van der Waals surface area contributed by atoms with Crippen molar-refractivity contribution in [1.82, 2.24) is 0 Å². The number of aliphatic hydroxyl groups excluding tert-OH is 1. The van der Waals surface area contributed by atoms with Crippen LogP contribution in [0.2, 0.25) is 0 Å². The zero-order valence-corrected chi connectivity index (χ0v) is 10.3. The molecular weight excluding hydrogens is 196 g/mol. The first-order valence-corrected chi connectivity index (χ1v) is 6.72. The molecule has 0 aromatic rings. The zero-order valence-electron chi connectivity index (χ0n) is 10.3. The van der Waals surface area contributed by atoms with Gasteiger partial charge in [0.15, 0.2) is 0 Å². The molecule has 3 aliphatic carbocycles. The van der Waals surface area contributed by atoms with E-state index >= 15 is 0 Å². The molecule has 0 aliphatic heterocycles. The van der Waals surface area contributed by atoms with E-state index in [1.807, 2.05) is 6.92 Å². The van der Waals surface area contributed by atoms with Gasteiger partial charge in [-0.15, -0.1) is 0 Å². The van der Waals surface area contributed by atoms with Crippen LogP contribution in [-0.4, -0.2) is 11.2 Å². The molecule has 88 valence electrons. The molecule has 0 saturated heterocycles. The molecule has 1 nitrogen and oxygen atoms in total. The maximum Gasteiger partial charge on any atom is 0.0572 e. The van der Waals surface area contributed by atoms with E-state index in [0.717, 1.165) is 23.7 Å². The molecule has 0 aromatic carbocycles. The van der Waals surface area contributed by atoms with E-state index in [-0.39, 0.29) is 6.10 Å². The number of fused-ring (bicyclic) bond motifs is 5. The quantitative estimate of drug-likeness (QED) is 0.706. The molecule has 6 atom stereocenters. The Balaban J connectivity index is 1.79. The number of allylic oxidation sites excluding steroid dienone is 3. The van der Waals surface area contributed by atoms with Gasteiger partial charge in [0, 0.05) is 0 Å². The maximum atomic E-state index is 9.58. The lowest BCUT2D eigenvalue weighted by Gasteiger charge is -2.27. The summed E-state index contributed by atoms with van der Waals surface area (Å²) in [4.78, 5) is 0. The fraction of sp³-hybridized carbons (Fsp3) is 0.733. The van der Waals surface area contributed by atoms with E-state index in [1.54, 1.807) is 5.57 Å². The molecule has 2 saturated carbocycles. The fourth-order valence-electron chi connectivity index (χ4n) is 4.05. The molecule has 3 rings (SSSR count). The summed E-state index contributed by atoms with van der Waals surface area (Å²) in [6, 6.07) is 0. The van der Waals surface area contributed by atoms with Gasteiger partial charge in [-0.25, -0.2) is 0 Å². The number of aliphatic hydroxyl groups is 1. The first-order valence-electron chi connectivity index (χ1n) is 6.72. The molecule has 0 unspecified atom stereocenters. The minimum Gasteiger partial charge on any atom is -0.393 e. The Morgan fingerprint density at radius 2 is 2.25 bits per heavy atom.